The second-order valence-corrected chi connectivity index (χ2v) is 16.7. The molecule has 3 fully saturated rings. The zero-order chi connectivity index (χ0) is 45.6. The van der Waals surface area contributed by atoms with Gasteiger partial charge in [0.1, 0.15) is 5.82 Å². The molecule has 0 atom stereocenters. The number of aliphatic hydroxyl groups is 3. The van der Waals surface area contributed by atoms with Gasteiger partial charge in [0.05, 0.1) is 43.5 Å². The minimum atomic E-state index is -4.75. The molecule has 3 aromatic rings. The Bertz CT molecular complexity index is 1800. The van der Waals surface area contributed by atoms with E-state index in [0.717, 1.165) is 50.3 Å². The molecule has 6 rings (SSSR count). The molecule has 342 valence electrons. The van der Waals surface area contributed by atoms with Gasteiger partial charge >= 0.3 is 18.5 Å². The summed E-state index contributed by atoms with van der Waals surface area (Å²) in [6.45, 7) is 12.7. The number of halogens is 12. The first-order valence-corrected chi connectivity index (χ1v) is 21.0. The zero-order valence-electron chi connectivity index (χ0n) is 34.2. The highest BCUT2D eigenvalue weighted by Gasteiger charge is 2.41. The van der Waals surface area contributed by atoms with Crippen molar-refractivity contribution < 1.29 is 59.2 Å². The first kappa shape index (κ1) is 50.9. The van der Waals surface area contributed by atoms with Gasteiger partial charge in [-0.3, -0.25) is 0 Å². The van der Waals surface area contributed by atoms with E-state index in [4.69, 9.17) is 23.2 Å². The van der Waals surface area contributed by atoms with Crippen molar-refractivity contribution in [2.75, 3.05) is 58.9 Å². The van der Waals surface area contributed by atoms with E-state index in [0.29, 0.717) is 88.9 Å². The van der Waals surface area contributed by atoms with Gasteiger partial charge in [0.2, 0.25) is 0 Å². The highest BCUT2D eigenvalue weighted by atomic mass is 35.5. The van der Waals surface area contributed by atoms with Crippen LogP contribution in [-0.2, 0) is 35.3 Å². The van der Waals surface area contributed by atoms with Gasteiger partial charge in [-0.1, -0.05) is 62.2 Å². The summed E-state index contributed by atoms with van der Waals surface area (Å²) in [5, 5.41) is 31.1. The van der Waals surface area contributed by atoms with Gasteiger partial charge in [-0.15, -0.1) is 0 Å². The number of hydrogen-bond donors (Lipinski definition) is 3. The molecule has 3 heterocycles. The van der Waals surface area contributed by atoms with Crippen molar-refractivity contribution in [2.24, 2.45) is 0 Å². The fraction of sp³-hybridized carbons (Fsp3) is 0.581. The highest BCUT2D eigenvalue weighted by Crippen LogP contribution is 2.42. The van der Waals surface area contributed by atoms with Crippen LogP contribution < -0.4 is 0 Å². The molecule has 0 radical (unpaired) electrons. The minimum absolute atomic E-state index is 0.141. The van der Waals surface area contributed by atoms with E-state index in [1.807, 2.05) is 13.8 Å². The van der Waals surface area contributed by atoms with Gasteiger partial charge in [0, 0.05) is 39.3 Å². The predicted octanol–water partition coefficient (Wildman–Crippen LogP) is 10.9. The summed E-state index contributed by atoms with van der Waals surface area (Å²) < 4.78 is 129. The van der Waals surface area contributed by atoms with Crippen molar-refractivity contribution in [2.45, 2.75) is 101 Å². The summed E-state index contributed by atoms with van der Waals surface area (Å²) in [4.78, 5) is 6.49. The maximum absolute atomic E-state index is 13.3. The van der Waals surface area contributed by atoms with Crippen LogP contribution >= 0.6 is 23.2 Å². The molecule has 0 unspecified atom stereocenters. The average molecular weight is 921 g/mol. The van der Waals surface area contributed by atoms with Crippen LogP contribution in [0.3, 0.4) is 0 Å². The summed E-state index contributed by atoms with van der Waals surface area (Å²) in [5.41, 5.74) is -6.05. The van der Waals surface area contributed by atoms with E-state index in [1.165, 1.54) is 30.3 Å². The highest BCUT2D eigenvalue weighted by molar-refractivity contribution is 6.31. The number of hydrogen-bond acceptors (Lipinski definition) is 6. The molecule has 0 spiro atoms. The lowest BCUT2D eigenvalue weighted by Crippen LogP contribution is -2.42. The molecular weight excluding hydrogens is 867 g/mol. The van der Waals surface area contributed by atoms with Gasteiger partial charge in [-0.25, -0.2) is 4.39 Å². The number of likely N-dealkylation sites (tertiary alicyclic amines) is 3. The van der Waals surface area contributed by atoms with Crippen LogP contribution in [0.15, 0.2) is 54.6 Å². The molecule has 3 saturated heterocycles. The van der Waals surface area contributed by atoms with Crippen molar-refractivity contribution in [3.8, 4) is 0 Å². The van der Waals surface area contributed by atoms with E-state index in [2.05, 4.69) is 21.6 Å². The van der Waals surface area contributed by atoms with Crippen molar-refractivity contribution in [3.63, 3.8) is 0 Å². The third kappa shape index (κ3) is 13.2. The summed E-state index contributed by atoms with van der Waals surface area (Å²) >= 11 is 11.2. The van der Waals surface area contributed by atoms with Crippen LogP contribution in [0.4, 0.5) is 43.9 Å². The Kier molecular flexibility index (Phi) is 17.1. The molecule has 6 nitrogen and oxygen atoms in total. The summed E-state index contributed by atoms with van der Waals surface area (Å²) in [7, 11) is 0. The third-order valence-electron chi connectivity index (χ3n) is 11.9. The van der Waals surface area contributed by atoms with Crippen LogP contribution in [-0.4, -0.2) is 88.9 Å². The average Bonchev–Trinajstić information content (AvgIpc) is 3.19. The second-order valence-electron chi connectivity index (χ2n) is 15.9. The Morgan fingerprint density at radius 3 is 1.08 bits per heavy atom. The number of benzene rings is 3. The van der Waals surface area contributed by atoms with Gasteiger partial charge in [0.15, 0.2) is 0 Å². The lowest BCUT2D eigenvalue weighted by molar-refractivity contribution is -0.140. The van der Waals surface area contributed by atoms with Gasteiger partial charge in [-0.2, -0.15) is 39.5 Å². The monoisotopic (exact) mass is 919 g/mol. The third-order valence-corrected chi connectivity index (χ3v) is 12.6. The van der Waals surface area contributed by atoms with E-state index in [1.54, 1.807) is 0 Å². The Balaban J connectivity index is 0.000000202. The Morgan fingerprint density at radius 2 is 0.787 bits per heavy atom. The van der Waals surface area contributed by atoms with Gasteiger partial charge in [-0.05, 0) is 118 Å². The Hall–Kier alpha value is -2.70. The van der Waals surface area contributed by atoms with Crippen molar-refractivity contribution >= 4 is 23.2 Å². The second kappa shape index (κ2) is 20.4. The molecule has 3 aliphatic heterocycles. The van der Waals surface area contributed by atoms with E-state index < -0.39 is 57.8 Å². The van der Waals surface area contributed by atoms with Crippen molar-refractivity contribution in [1.82, 2.24) is 14.7 Å². The summed E-state index contributed by atoms with van der Waals surface area (Å²) in [6, 6.07) is 10.1. The first-order chi connectivity index (χ1) is 28.3. The maximum Gasteiger partial charge on any atom is 0.419 e. The zero-order valence-corrected chi connectivity index (χ0v) is 35.7. The molecule has 3 N–H and O–H groups in total. The molecule has 3 aliphatic rings. The number of piperidine rings is 3. The molecule has 18 heteroatoms. The number of nitrogens with zero attached hydrogens (tertiary/aromatic N) is 3. The lowest BCUT2D eigenvalue weighted by atomic mass is 9.83. The Morgan fingerprint density at radius 1 is 0.492 bits per heavy atom. The summed E-state index contributed by atoms with van der Waals surface area (Å²) in [6.07, 6.45) is -10.3. The molecule has 0 aromatic heterocycles. The molecule has 61 heavy (non-hydrogen) atoms. The molecule has 0 saturated carbocycles. The fourth-order valence-electron chi connectivity index (χ4n) is 7.90. The lowest BCUT2D eigenvalue weighted by Gasteiger charge is -2.38. The minimum Gasteiger partial charge on any atom is -0.385 e. The standard InChI is InChI=1S/C15H19ClF3NO.C14H17ClF3NO.C14H17F4NO/c1-2-7-20-8-5-14(21,6-9-20)11-3-4-13(16)12(10-11)15(17,18)19;2*1-2-19-7-5-13(20,6-8-19)10-3-4-12(15)11(9-10)14(16,17)18/h3-4,10,21H,2,5-9H2,1H3;2*3-4,9,20H,2,5-8H2,1H3. The first-order valence-electron chi connectivity index (χ1n) is 20.2. The molecule has 3 aromatic carbocycles. The normalized spacial score (nSPS) is 20.0. The largest absolute Gasteiger partial charge is 0.419 e. The molecule has 0 amide bonds. The van der Waals surface area contributed by atoms with Crippen LogP contribution in [0, 0.1) is 5.82 Å². The van der Waals surface area contributed by atoms with Gasteiger partial charge in [0.25, 0.3) is 0 Å². The Labute approximate surface area is 360 Å². The fourth-order valence-corrected chi connectivity index (χ4v) is 8.35. The number of alkyl halides is 9. The molecule has 0 aliphatic carbocycles. The molecular formula is C43H53Cl2F10N3O3. The van der Waals surface area contributed by atoms with Crippen LogP contribution in [0.2, 0.25) is 10.0 Å². The van der Waals surface area contributed by atoms with Crippen molar-refractivity contribution in [1.29, 1.82) is 0 Å². The molecule has 0 bridgehead atoms. The van der Waals surface area contributed by atoms with Crippen molar-refractivity contribution in [3.05, 3.63) is 104 Å². The van der Waals surface area contributed by atoms with E-state index >= 15 is 0 Å². The maximum atomic E-state index is 13.3. The van der Waals surface area contributed by atoms with Gasteiger partial charge < -0.3 is 30.0 Å². The predicted molar refractivity (Wildman–Crippen MR) is 215 cm³/mol. The quantitative estimate of drug-likeness (QED) is 0.205. The summed E-state index contributed by atoms with van der Waals surface area (Å²) in [5.74, 6) is -1.31. The van der Waals surface area contributed by atoms with E-state index in [-0.39, 0.29) is 15.6 Å². The number of rotatable bonds is 7. The topological polar surface area (TPSA) is 70.4 Å². The van der Waals surface area contributed by atoms with Crippen LogP contribution in [0.5, 0.6) is 0 Å². The van der Waals surface area contributed by atoms with Crippen LogP contribution in [0.25, 0.3) is 0 Å². The smallest absolute Gasteiger partial charge is 0.385 e. The van der Waals surface area contributed by atoms with E-state index in [9.17, 15) is 59.2 Å². The SMILES string of the molecule is CCCN1CCC(O)(c2ccc(Cl)c(C(F)(F)F)c2)CC1.CCN1CCC(O)(c2ccc(Cl)c(C(F)(F)F)c2)CC1.CCN1CCC(O)(c2ccc(F)c(C(F)(F)F)c2)CC1. The van der Waals surface area contributed by atoms with Crippen LogP contribution in [0.1, 0.15) is 99.1 Å².